The third kappa shape index (κ3) is 3.90. The summed E-state index contributed by atoms with van der Waals surface area (Å²) in [5.74, 6) is -0.190. The lowest BCUT2D eigenvalue weighted by Crippen LogP contribution is -2.34. The van der Waals surface area contributed by atoms with Gasteiger partial charge in [-0.15, -0.1) is 11.6 Å². The number of aryl methyl sites for hydroxylation is 1. The number of hydrogen-bond acceptors (Lipinski definition) is 2. The number of urea groups is 1. The fraction of sp³-hybridized carbons (Fsp3) is 0.273. The largest absolute Gasteiger partial charge is 0.325 e. The first kappa shape index (κ1) is 12.5. The minimum atomic E-state index is -0.538. The molecular weight excluding hydrogens is 228 g/mol. The van der Waals surface area contributed by atoms with Crippen LogP contribution in [0.2, 0.25) is 0 Å². The highest BCUT2D eigenvalue weighted by Gasteiger charge is 2.07. The number of rotatable bonds is 3. The minimum Gasteiger partial charge on any atom is -0.307 e. The summed E-state index contributed by atoms with van der Waals surface area (Å²) in [6, 6.07) is 6.78. The number of hydrogen-bond donors (Lipinski definition) is 2. The third-order valence-electron chi connectivity index (χ3n) is 1.97. The van der Waals surface area contributed by atoms with Crippen LogP contribution >= 0.6 is 11.6 Å². The zero-order valence-corrected chi connectivity index (χ0v) is 9.67. The molecule has 1 aromatic rings. The number of anilines is 1. The maximum atomic E-state index is 11.4. The maximum Gasteiger partial charge on any atom is 0.325 e. The lowest BCUT2D eigenvalue weighted by atomic mass is 10.2. The summed E-state index contributed by atoms with van der Waals surface area (Å²) in [6.07, 6.45) is 0.128. The van der Waals surface area contributed by atoms with Crippen molar-refractivity contribution in [3.63, 3.8) is 0 Å². The topological polar surface area (TPSA) is 58.2 Å². The van der Waals surface area contributed by atoms with Crippen molar-refractivity contribution in [1.29, 1.82) is 0 Å². The van der Waals surface area contributed by atoms with Crippen molar-refractivity contribution in [2.24, 2.45) is 0 Å². The SMILES string of the molecule is Cc1ccccc1NC(=O)NC(=O)CCCl. The summed E-state index contributed by atoms with van der Waals surface area (Å²) in [6.45, 7) is 1.87. The number of carbonyl (C=O) groups is 2. The number of alkyl halides is 1. The number of amides is 3. The van der Waals surface area contributed by atoms with E-state index in [1.165, 1.54) is 0 Å². The van der Waals surface area contributed by atoms with E-state index in [0.29, 0.717) is 5.69 Å². The van der Waals surface area contributed by atoms with E-state index < -0.39 is 6.03 Å². The van der Waals surface area contributed by atoms with Crippen LogP contribution < -0.4 is 10.6 Å². The van der Waals surface area contributed by atoms with Gasteiger partial charge >= 0.3 is 6.03 Å². The average molecular weight is 241 g/mol. The lowest BCUT2D eigenvalue weighted by Gasteiger charge is -2.08. The number of imide groups is 1. The molecule has 4 nitrogen and oxygen atoms in total. The molecule has 0 spiro atoms. The van der Waals surface area contributed by atoms with Crippen LogP contribution in [0.5, 0.6) is 0 Å². The molecular formula is C11H13ClN2O2. The molecule has 2 N–H and O–H groups in total. The maximum absolute atomic E-state index is 11.4. The summed E-state index contributed by atoms with van der Waals surface area (Å²) >= 11 is 5.37. The van der Waals surface area contributed by atoms with Crippen LogP contribution in [0.3, 0.4) is 0 Å². The smallest absolute Gasteiger partial charge is 0.307 e. The fourth-order valence-electron chi connectivity index (χ4n) is 1.14. The molecule has 0 aliphatic heterocycles. The molecule has 86 valence electrons. The molecule has 0 bridgehead atoms. The number of halogens is 1. The Labute approximate surface area is 99.0 Å². The third-order valence-corrected chi connectivity index (χ3v) is 2.16. The zero-order valence-electron chi connectivity index (χ0n) is 8.92. The van der Waals surface area contributed by atoms with Gasteiger partial charge in [0.25, 0.3) is 0 Å². The Morgan fingerprint density at radius 3 is 2.62 bits per heavy atom. The average Bonchev–Trinajstić information content (AvgIpc) is 2.21. The van der Waals surface area contributed by atoms with Gasteiger partial charge in [0.1, 0.15) is 0 Å². The van der Waals surface area contributed by atoms with Crippen molar-refractivity contribution in [3.05, 3.63) is 29.8 Å². The molecule has 0 unspecified atom stereocenters. The van der Waals surface area contributed by atoms with Crippen molar-refractivity contribution < 1.29 is 9.59 Å². The van der Waals surface area contributed by atoms with Gasteiger partial charge in [-0.3, -0.25) is 10.1 Å². The number of benzene rings is 1. The number of carbonyl (C=O) groups excluding carboxylic acids is 2. The van der Waals surface area contributed by atoms with Gasteiger partial charge in [-0.1, -0.05) is 18.2 Å². The fourth-order valence-corrected chi connectivity index (χ4v) is 1.31. The Bertz CT molecular complexity index is 393. The Morgan fingerprint density at radius 2 is 2.00 bits per heavy atom. The van der Waals surface area contributed by atoms with Gasteiger partial charge in [0.15, 0.2) is 0 Å². The van der Waals surface area contributed by atoms with Gasteiger partial charge < -0.3 is 5.32 Å². The van der Waals surface area contributed by atoms with Crippen molar-refractivity contribution in [1.82, 2.24) is 5.32 Å². The summed E-state index contributed by atoms with van der Waals surface area (Å²) in [5.41, 5.74) is 1.61. The van der Waals surface area contributed by atoms with Gasteiger partial charge in [-0.05, 0) is 18.6 Å². The van der Waals surface area contributed by atoms with Crippen LogP contribution in [0, 0.1) is 6.92 Å². The molecule has 0 heterocycles. The van der Waals surface area contributed by atoms with Gasteiger partial charge in [0, 0.05) is 18.0 Å². The van der Waals surface area contributed by atoms with E-state index in [9.17, 15) is 9.59 Å². The quantitative estimate of drug-likeness (QED) is 0.797. The van der Waals surface area contributed by atoms with Crippen LogP contribution in [0.15, 0.2) is 24.3 Å². The van der Waals surface area contributed by atoms with E-state index in [1.807, 2.05) is 25.1 Å². The molecule has 0 aliphatic carbocycles. The van der Waals surface area contributed by atoms with Gasteiger partial charge in [0.05, 0.1) is 0 Å². The predicted molar refractivity (Wildman–Crippen MR) is 63.7 cm³/mol. The Morgan fingerprint density at radius 1 is 1.31 bits per heavy atom. The summed E-state index contributed by atoms with van der Waals surface area (Å²) < 4.78 is 0. The molecule has 0 saturated heterocycles. The van der Waals surface area contributed by atoms with Gasteiger partial charge in [0.2, 0.25) is 5.91 Å². The van der Waals surface area contributed by atoms with Crippen LogP contribution in [-0.4, -0.2) is 17.8 Å². The Kier molecular flexibility index (Phi) is 4.79. The lowest BCUT2D eigenvalue weighted by molar-refractivity contribution is -0.119. The van der Waals surface area contributed by atoms with Crippen molar-refractivity contribution >= 4 is 29.2 Å². The van der Waals surface area contributed by atoms with E-state index in [1.54, 1.807) is 6.07 Å². The molecule has 0 aromatic heterocycles. The number of para-hydroxylation sites is 1. The first-order chi connectivity index (χ1) is 7.63. The van der Waals surface area contributed by atoms with Crippen molar-refractivity contribution in [2.75, 3.05) is 11.2 Å². The van der Waals surface area contributed by atoms with E-state index in [2.05, 4.69) is 10.6 Å². The molecule has 0 atom stereocenters. The highest BCUT2D eigenvalue weighted by molar-refractivity contribution is 6.19. The van der Waals surface area contributed by atoms with E-state index in [0.717, 1.165) is 5.56 Å². The van der Waals surface area contributed by atoms with Gasteiger partial charge in [-0.2, -0.15) is 0 Å². The summed E-state index contributed by atoms with van der Waals surface area (Å²) in [7, 11) is 0. The summed E-state index contributed by atoms with van der Waals surface area (Å²) in [5, 5.41) is 4.77. The van der Waals surface area contributed by atoms with Crippen molar-refractivity contribution in [3.8, 4) is 0 Å². The molecule has 1 rings (SSSR count). The second-order valence-corrected chi connectivity index (χ2v) is 3.63. The molecule has 1 aromatic carbocycles. The van der Waals surface area contributed by atoms with Crippen molar-refractivity contribution in [2.45, 2.75) is 13.3 Å². The molecule has 3 amide bonds. The standard InChI is InChI=1S/C11H13ClN2O2/c1-8-4-2-3-5-9(8)13-11(16)14-10(15)6-7-12/h2-5H,6-7H2,1H3,(H2,13,14,15,16). The van der Waals surface area contributed by atoms with E-state index in [4.69, 9.17) is 11.6 Å². The number of nitrogens with one attached hydrogen (secondary N) is 2. The highest BCUT2D eigenvalue weighted by Crippen LogP contribution is 2.12. The van der Waals surface area contributed by atoms with E-state index >= 15 is 0 Å². The molecule has 5 heteroatoms. The second-order valence-electron chi connectivity index (χ2n) is 3.26. The van der Waals surface area contributed by atoms with Crippen LogP contribution in [0.1, 0.15) is 12.0 Å². The molecule has 0 saturated carbocycles. The first-order valence-electron chi connectivity index (χ1n) is 4.86. The minimum absolute atomic E-state index is 0.128. The monoisotopic (exact) mass is 240 g/mol. The summed E-state index contributed by atoms with van der Waals surface area (Å²) in [4.78, 5) is 22.4. The molecule has 0 fully saturated rings. The van der Waals surface area contributed by atoms with Crippen LogP contribution in [0.25, 0.3) is 0 Å². The Balaban J connectivity index is 2.52. The van der Waals surface area contributed by atoms with Crippen LogP contribution in [0.4, 0.5) is 10.5 Å². The van der Waals surface area contributed by atoms with E-state index in [-0.39, 0.29) is 18.2 Å². The predicted octanol–water partition coefficient (Wildman–Crippen LogP) is 2.27. The Hall–Kier alpha value is -1.55. The zero-order chi connectivity index (χ0) is 12.0. The van der Waals surface area contributed by atoms with Gasteiger partial charge in [-0.25, -0.2) is 4.79 Å². The first-order valence-corrected chi connectivity index (χ1v) is 5.39. The molecule has 16 heavy (non-hydrogen) atoms. The molecule has 0 aliphatic rings. The normalized spacial score (nSPS) is 9.62. The molecule has 0 radical (unpaired) electrons. The van der Waals surface area contributed by atoms with Crippen LogP contribution in [-0.2, 0) is 4.79 Å². The second kappa shape index (κ2) is 6.12. The highest BCUT2D eigenvalue weighted by atomic mass is 35.5.